The number of nitrogens with one attached hydrogen (secondary N) is 1. The molecule has 0 bridgehead atoms. The maximum atomic E-state index is 13.0. The van der Waals surface area contributed by atoms with Crippen LogP contribution in [0, 0.1) is 11.8 Å². The van der Waals surface area contributed by atoms with Crippen molar-refractivity contribution in [1.29, 1.82) is 0 Å². The normalized spacial score (nSPS) is 28.1. The largest absolute Gasteiger partial charge is 0.336 e. The summed E-state index contributed by atoms with van der Waals surface area (Å²) in [6.45, 7) is 2.05. The first-order valence-electron chi connectivity index (χ1n) is 10.8. The molecule has 4 atom stereocenters. The van der Waals surface area contributed by atoms with E-state index in [0.717, 1.165) is 18.5 Å². The van der Waals surface area contributed by atoms with E-state index in [0.29, 0.717) is 40.4 Å². The maximum absolute atomic E-state index is 13.0. The van der Waals surface area contributed by atoms with Gasteiger partial charge in [0.2, 0.25) is 21.8 Å². The molecule has 2 saturated heterocycles. The van der Waals surface area contributed by atoms with Crippen molar-refractivity contribution < 1.29 is 18.0 Å². The molecule has 3 fully saturated rings. The lowest BCUT2D eigenvalue weighted by Gasteiger charge is -2.35. The lowest BCUT2D eigenvalue weighted by molar-refractivity contribution is -0.144. The summed E-state index contributed by atoms with van der Waals surface area (Å²) >= 11 is 7.14. The Kier molecular flexibility index (Phi) is 6.97. The quantitative estimate of drug-likeness (QED) is 0.586. The summed E-state index contributed by atoms with van der Waals surface area (Å²) in [5.41, 5.74) is 0. The number of thiophene rings is 1. The van der Waals surface area contributed by atoms with Gasteiger partial charge in [0.25, 0.3) is 0 Å². The van der Waals surface area contributed by atoms with Gasteiger partial charge in [0.1, 0.15) is 6.04 Å². The van der Waals surface area contributed by atoms with Crippen molar-refractivity contribution in [2.45, 2.75) is 31.3 Å². The highest BCUT2D eigenvalue weighted by Gasteiger charge is 2.53. The Hall–Kier alpha value is -1.46. The Morgan fingerprint density at radius 2 is 2.16 bits per heavy atom. The lowest BCUT2D eigenvalue weighted by atomic mass is 10.1. The molecule has 176 valence electrons. The fraction of sp³-hybridized carbons (Fsp3) is 0.619. The van der Waals surface area contributed by atoms with Crippen molar-refractivity contribution in [2.24, 2.45) is 11.8 Å². The molecular formula is C21H29ClN4O4S2. The minimum Gasteiger partial charge on any atom is -0.336 e. The highest BCUT2D eigenvalue weighted by Crippen LogP contribution is 2.49. The third-order valence-corrected chi connectivity index (χ3v) is 8.65. The van der Waals surface area contributed by atoms with E-state index in [1.165, 1.54) is 28.7 Å². The molecule has 2 amide bonds. The summed E-state index contributed by atoms with van der Waals surface area (Å²) in [4.78, 5) is 32.2. The Morgan fingerprint density at radius 1 is 1.38 bits per heavy atom. The van der Waals surface area contributed by atoms with Crippen LogP contribution >= 0.6 is 22.9 Å². The van der Waals surface area contributed by atoms with E-state index in [1.54, 1.807) is 12.1 Å². The van der Waals surface area contributed by atoms with Crippen molar-refractivity contribution >= 4 is 50.9 Å². The molecule has 8 nitrogen and oxygen atoms in total. The first kappa shape index (κ1) is 23.7. The van der Waals surface area contributed by atoms with Crippen LogP contribution in [-0.2, 0) is 19.6 Å². The molecule has 2 aliphatic heterocycles. The summed E-state index contributed by atoms with van der Waals surface area (Å²) in [7, 11) is 0.200. The lowest BCUT2D eigenvalue weighted by Crippen LogP contribution is -2.55. The number of likely N-dealkylation sites (tertiary alicyclic amines) is 2. The van der Waals surface area contributed by atoms with Crippen molar-refractivity contribution in [3.05, 3.63) is 26.8 Å². The van der Waals surface area contributed by atoms with Gasteiger partial charge in [-0.15, -0.1) is 11.3 Å². The molecule has 3 heterocycles. The average Bonchev–Trinajstić information content (AvgIpc) is 3.22. The van der Waals surface area contributed by atoms with Gasteiger partial charge in [0, 0.05) is 36.0 Å². The minimum absolute atomic E-state index is 0.00393. The Morgan fingerprint density at radius 3 is 2.84 bits per heavy atom. The number of carbonyl (C=O) groups is 2. The van der Waals surface area contributed by atoms with E-state index in [2.05, 4.69) is 9.62 Å². The van der Waals surface area contributed by atoms with Gasteiger partial charge in [-0.25, -0.2) is 8.42 Å². The second-order valence-corrected chi connectivity index (χ2v) is 12.4. The number of fused-ring (bicyclic) bond motifs is 1. The Labute approximate surface area is 198 Å². The Bertz CT molecular complexity index is 1010. The van der Waals surface area contributed by atoms with Crippen molar-refractivity contribution in [3.8, 4) is 0 Å². The second kappa shape index (κ2) is 9.42. The van der Waals surface area contributed by atoms with Crippen LogP contribution in [0.2, 0.25) is 4.34 Å². The fourth-order valence-corrected chi connectivity index (χ4v) is 6.81. The number of nitrogens with zero attached hydrogens (tertiary/aromatic N) is 3. The summed E-state index contributed by atoms with van der Waals surface area (Å²) in [5.74, 6) is 0.776. The summed E-state index contributed by atoms with van der Waals surface area (Å²) in [6, 6.07) is 2.76. The van der Waals surface area contributed by atoms with Gasteiger partial charge in [-0.3, -0.25) is 9.59 Å². The number of sulfonamides is 1. The molecule has 1 saturated carbocycles. The fourth-order valence-electron chi connectivity index (χ4n) is 4.74. The predicted octanol–water partition coefficient (Wildman–Crippen LogP) is 1.69. The van der Waals surface area contributed by atoms with Gasteiger partial charge in [-0.05, 0) is 63.4 Å². The molecule has 4 rings (SSSR count). The zero-order valence-corrected chi connectivity index (χ0v) is 20.6. The first-order chi connectivity index (χ1) is 15.1. The van der Waals surface area contributed by atoms with E-state index in [4.69, 9.17) is 11.6 Å². The predicted molar refractivity (Wildman–Crippen MR) is 126 cm³/mol. The van der Waals surface area contributed by atoms with Crippen LogP contribution in [0.3, 0.4) is 0 Å². The van der Waals surface area contributed by atoms with Crippen molar-refractivity contribution in [2.75, 3.05) is 40.3 Å². The summed E-state index contributed by atoms with van der Waals surface area (Å²) in [5, 5.41) is 1.05. The number of piperidine rings is 2. The van der Waals surface area contributed by atoms with Crippen LogP contribution in [-0.4, -0.2) is 87.3 Å². The molecule has 1 aliphatic carbocycles. The van der Waals surface area contributed by atoms with Gasteiger partial charge < -0.3 is 14.7 Å². The van der Waals surface area contributed by atoms with Crippen LogP contribution < -0.4 is 4.72 Å². The standard InChI is InChI=1S/C21H29ClN4O4S2/c1-24(2)12-18-16-10-14(16)11-26(18)20(27)13-25-8-3-4-17(21(25)28)23-32(29,30)9-7-15-5-6-19(22)31-15/h5-7,9,14,16-18,23H,3-4,8,10-13H2,1-2H3/b9-7+. The molecule has 3 aliphatic rings. The molecule has 1 aromatic heterocycles. The number of hydrogen-bond donors (Lipinski definition) is 1. The van der Waals surface area contributed by atoms with Crippen molar-refractivity contribution in [1.82, 2.24) is 19.4 Å². The molecule has 0 spiro atoms. The van der Waals surface area contributed by atoms with E-state index < -0.39 is 16.1 Å². The Balaban J connectivity index is 1.35. The van der Waals surface area contributed by atoms with Gasteiger partial charge in [-0.2, -0.15) is 4.72 Å². The number of hydrogen-bond acceptors (Lipinski definition) is 6. The van der Waals surface area contributed by atoms with Crippen LogP contribution in [0.5, 0.6) is 0 Å². The SMILES string of the molecule is CN(C)CC1C2CC2CN1C(=O)CN1CCCC(NS(=O)(=O)/C=C/c2ccc(Cl)s2)C1=O. The van der Waals surface area contributed by atoms with E-state index in [9.17, 15) is 18.0 Å². The van der Waals surface area contributed by atoms with Crippen LogP contribution in [0.4, 0.5) is 0 Å². The number of carbonyl (C=O) groups excluding carboxylic acids is 2. The molecule has 0 radical (unpaired) electrons. The molecular weight excluding hydrogens is 472 g/mol. The minimum atomic E-state index is -3.81. The van der Waals surface area contributed by atoms with Crippen LogP contribution in [0.15, 0.2) is 17.5 Å². The number of rotatable bonds is 8. The maximum Gasteiger partial charge on any atom is 0.242 e. The molecule has 1 aromatic rings. The molecule has 32 heavy (non-hydrogen) atoms. The van der Waals surface area contributed by atoms with Gasteiger partial charge in [-0.1, -0.05) is 11.6 Å². The second-order valence-electron chi connectivity index (χ2n) is 9.10. The smallest absolute Gasteiger partial charge is 0.242 e. The molecule has 1 N–H and O–H groups in total. The molecule has 0 aromatic carbocycles. The van der Waals surface area contributed by atoms with E-state index in [-0.39, 0.29) is 24.4 Å². The highest BCUT2D eigenvalue weighted by molar-refractivity contribution is 7.92. The molecule has 11 heteroatoms. The van der Waals surface area contributed by atoms with Gasteiger partial charge >= 0.3 is 0 Å². The average molecular weight is 501 g/mol. The third kappa shape index (κ3) is 5.53. The monoisotopic (exact) mass is 500 g/mol. The zero-order chi connectivity index (χ0) is 23.0. The number of likely N-dealkylation sites (N-methyl/N-ethyl adjacent to an activating group) is 1. The molecule has 4 unspecified atom stereocenters. The summed E-state index contributed by atoms with van der Waals surface area (Å²) < 4.78 is 28.0. The number of halogens is 1. The highest BCUT2D eigenvalue weighted by atomic mass is 35.5. The van der Waals surface area contributed by atoms with E-state index in [1.807, 2.05) is 19.0 Å². The first-order valence-corrected chi connectivity index (χ1v) is 13.6. The van der Waals surface area contributed by atoms with Crippen molar-refractivity contribution in [3.63, 3.8) is 0 Å². The van der Waals surface area contributed by atoms with Gasteiger partial charge in [0.05, 0.1) is 10.9 Å². The topological polar surface area (TPSA) is 90.0 Å². The van der Waals surface area contributed by atoms with Crippen LogP contribution in [0.25, 0.3) is 6.08 Å². The number of amides is 2. The van der Waals surface area contributed by atoms with Gasteiger partial charge in [0.15, 0.2) is 0 Å². The van der Waals surface area contributed by atoms with E-state index >= 15 is 0 Å². The third-order valence-electron chi connectivity index (χ3n) is 6.34. The zero-order valence-electron chi connectivity index (χ0n) is 18.2. The summed E-state index contributed by atoms with van der Waals surface area (Å²) in [6.07, 6.45) is 3.69. The van der Waals surface area contributed by atoms with Crippen LogP contribution in [0.1, 0.15) is 24.1 Å².